The first kappa shape index (κ1) is 21.1. The fourth-order valence-corrected chi connectivity index (χ4v) is 3.09. The molecule has 0 radical (unpaired) electrons. The summed E-state index contributed by atoms with van der Waals surface area (Å²) < 4.78 is 6.17. The zero-order valence-electron chi connectivity index (χ0n) is 15.0. The lowest BCUT2D eigenvalue weighted by atomic mass is 10.1. The topological polar surface area (TPSA) is 49.7 Å². The predicted octanol–water partition coefficient (Wildman–Crippen LogP) is 4.48. The van der Waals surface area contributed by atoms with Crippen LogP contribution < -0.4 is 0 Å². The van der Waals surface area contributed by atoms with Gasteiger partial charge >= 0.3 is 0 Å². The van der Waals surface area contributed by atoms with Crippen LogP contribution in [0.4, 0.5) is 0 Å². The molecule has 1 unspecified atom stereocenters. The maximum atomic E-state index is 9.22. The van der Waals surface area contributed by atoms with E-state index >= 15 is 0 Å². The smallest absolute Gasteiger partial charge is 0.191 e. The van der Waals surface area contributed by atoms with Crippen LogP contribution in [0.5, 0.6) is 0 Å². The van der Waals surface area contributed by atoms with Crippen LogP contribution >= 0.6 is 0 Å². The third-order valence-electron chi connectivity index (χ3n) is 4.66. The summed E-state index contributed by atoms with van der Waals surface area (Å²) in [5, 5.41) is 18.2. The molecule has 2 N–H and O–H groups in total. The molecule has 128 valence electrons. The van der Waals surface area contributed by atoms with Gasteiger partial charge in [0.05, 0.1) is 12.7 Å². The molecule has 0 rings (SSSR count). The van der Waals surface area contributed by atoms with Gasteiger partial charge in [0, 0.05) is 6.61 Å². The van der Waals surface area contributed by atoms with Crippen LogP contribution in [0.25, 0.3) is 0 Å². The van der Waals surface area contributed by atoms with Crippen molar-refractivity contribution in [2.45, 2.75) is 96.4 Å². The summed E-state index contributed by atoms with van der Waals surface area (Å²) in [5.41, 5.74) is 0. The number of hydrogen-bond acceptors (Lipinski definition) is 3. The van der Waals surface area contributed by atoms with Crippen molar-refractivity contribution in [2.24, 2.45) is 0 Å². The summed E-state index contributed by atoms with van der Waals surface area (Å²) >= 11 is 0. The fourth-order valence-electron chi connectivity index (χ4n) is 2.00. The second-order valence-electron chi connectivity index (χ2n) is 7.71. The van der Waals surface area contributed by atoms with Crippen LogP contribution in [0, 0.1) is 0 Å². The Morgan fingerprint density at radius 2 is 1.38 bits per heavy atom. The largest absolute Gasteiger partial charge is 0.417 e. The molecule has 1 atom stereocenters. The third-order valence-corrected chi connectivity index (χ3v) is 9.20. The van der Waals surface area contributed by atoms with Crippen LogP contribution in [0.3, 0.4) is 0 Å². The van der Waals surface area contributed by atoms with E-state index in [1.165, 1.54) is 32.1 Å². The van der Waals surface area contributed by atoms with Crippen molar-refractivity contribution < 1.29 is 14.6 Å². The summed E-state index contributed by atoms with van der Waals surface area (Å²) in [7, 11) is -1.55. The summed E-state index contributed by atoms with van der Waals surface area (Å²) in [5.74, 6) is 0. The fraction of sp³-hybridized carbons (Fsp3) is 1.00. The molecular formula is C17H38O3Si. The van der Waals surface area contributed by atoms with Gasteiger partial charge in [-0.1, -0.05) is 59.3 Å². The van der Waals surface area contributed by atoms with E-state index in [1.807, 2.05) is 0 Å². The zero-order chi connectivity index (χ0) is 16.4. The molecule has 0 aliphatic carbocycles. The second kappa shape index (κ2) is 10.8. The summed E-state index contributed by atoms with van der Waals surface area (Å²) in [4.78, 5) is 0. The molecule has 3 nitrogen and oxygen atoms in total. The van der Waals surface area contributed by atoms with Crippen molar-refractivity contribution in [1.82, 2.24) is 0 Å². The van der Waals surface area contributed by atoms with E-state index in [-0.39, 0.29) is 6.61 Å². The Balaban J connectivity index is 3.38. The van der Waals surface area contributed by atoms with Crippen LogP contribution in [-0.2, 0) is 4.43 Å². The van der Waals surface area contributed by atoms with Gasteiger partial charge in [-0.15, -0.1) is 0 Å². The number of unbranched alkanes of at least 4 members (excludes halogenated alkanes) is 6. The van der Waals surface area contributed by atoms with E-state index in [0.717, 1.165) is 25.9 Å². The Hall–Kier alpha value is 0.0969. The molecule has 0 heterocycles. The van der Waals surface area contributed by atoms with Gasteiger partial charge in [-0.3, -0.25) is 0 Å². The molecule has 0 aromatic heterocycles. The van der Waals surface area contributed by atoms with Crippen LogP contribution in [0.15, 0.2) is 0 Å². The molecule has 0 saturated carbocycles. The predicted molar refractivity (Wildman–Crippen MR) is 93.2 cm³/mol. The lowest BCUT2D eigenvalue weighted by Crippen LogP contribution is -2.40. The Morgan fingerprint density at radius 3 is 1.86 bits per heavy atom. The van der Waals surface area contributed by atoms with Crippen molar-refractivity contribution in [2.75, 3.05) is 13.2 Å². The van der Waals surface area contributed by atoms with E-state index < -0.39 is 14.4 Å². The van der Waals surface area contributed by atoms with Gasteiger partial charge in [-0.25, -0.2) is 0 Å². The van der Waals surface area contributed by atoms with Crippen molar-refractivity contribution >= 4 is 8.32 Å². The number of rotatable bonds is 12. The molecule has 0 spiro atoms. The molecule has 4 heteroatoms. The molecule has 0 saturated heterocycles. The normalized spacial score (nSPS) is 14.4. The SMILES string of the molecule is CC(C)(C)[Si](C)(C)OCCCCCCCCCC(O)CO. The highest BCUT2D eigenvalue weighted by Crippen LogP contribution is 2.36. The molecule has 0 fully saturated rings. The van der Waals surface area contributed by atoms with Crippen LogP contribution in [0.2, 0.25) is 18.1 Å². The summed E-state index contributed by atoms with van der Waals surface area (Å²) in [6.07, 6.45) is 8.63. The minimum atomic E-state index is -1.55. The molecule has 0 aliphatic heterocycles. The van der Waals surface area contributed by atoms with E-state index in [0.29, 0.717) is 5.04 Å². The quantitative estimate of drug-likeness (QED) is 0.412. The lowest BCUT2D eigenvalue weighted by Gasteiger charge is -2.36. The van der Waals surface area contributed by atoms with E-state index in [1.54, 1.807) is 0 Å². The maximum absolute atomic E-state index is 9.22. The van der Waals surface area contributed by atoms with Crippen molar-refractivity contribution in [3.63, 3.8) is 0 Å². The van der Waals surface area contributed by atoms with Crippen LogP contribution in [-0.4, -0.2) is 37.8 Å². The first-order valence-electron chi connectivity index (χ1n) is 8.63. The molecule has 0 aromatic rings. The molecule has 0 aliphatic rings. The minimum Gasteiger partial charge on any atom is -0.417 e. The summed E-state index contributed by atoms with van der Waals surface area (Å²) in [6, 6.07) is 0. The van der Waals surface area contributed by atoms with Gasteiger partial charge in [0.15, 0.2) is 8.32 Å². The minimum absolute atomic E-state index is 0.103. The van der Waals surface area contributed by atoms with Crippen molar-refractivity contribution in [1.29, 1.82) is 0 Å². The molecular weight excluding hydrogens is 280 g/mol. The Labute approximate surface area is 133 Å². The van der Waals surface area contributed by atoms with Crippen molar-refractivity contribution in [3.05, 3.63) is 0 Å². The standard InChI is InChI=1S/C17H38O3Si/c1-17(2,3)21(4,5)20-14-12-10-8-6-7-9-11-13-16(19)15-18/h16,18-19H,6-15H2,1-5H3. The lowest BCUT2D eigenvalue weighted by molar-refractivity contribution is 0.0860. The Morgan fingerprint density at radius 1 is 0.905 bits per heavy atom. The average Bonchev–Trinajstić information content (AvgIpc) is 2.39. The highest BCUT2D eigenvalue weighted by molar-refractivity contribution is 6.74. The molecule has 0 bridgehead atoms. The second-order valence-corrected chi connectivity index (χ2v) is 12.5. The monoisotopic (exact) mass is 318 g/mol. The zero-order valence-corrected chi connectivity index (χ0v) is 16.0. The van der Waals surface area contributed by atoms with E-state index in [2.05, 4.69) is 33.9 Å². The summed E-state index contributed by atoms with van der Waals surface area (Å²) in [6.45, 7) is 12.3. The van der Waals surface area contributed by atoms with Crippen LogP contribution in [0.1, 0.15) is 72.1 Å². The maximum Gasteiger partial charge on any atom is 0.191 e. The first-order chi connectivity index (χ1) is 9.70. The van der Waals surface area contributed by atoms with E-state index in [9.17, 15) is 5.11 Å². The number of aliphatic hydroxyl groups is 2. The molecule has 0 aromatic carbocycles. The van der Waals surface area contributed by atoms with Gasteiger partial charge in [0.25, 0.3) is 0 Å². The van der Waals surface area contributed by atoms with Crippen molar-refractivity contribution in [3.8, 4) is 0 Å². The first-order valence-corrected chi connectivity index (χ1v) is 11.5. The highest BCUT2D eigenvalue weighted by atomic mass is 28.4. The molecule has 0 amide bonds. The van der Waals surface area contributed by atoms with Gasteiger partial charge in [0.2, 0.25) is 0 Å². The Bertz CT molecular complexity index is 249. The van der Waals surface area contributed by atoms with Gasteiger partial charge in [0.1, 0.15) is 0 Å². The number of aliphatic hydroxyl groups excluding tert-OH is 2. The number of hydrogen-bond donors (Lipinski definition) is 2. The van der Waals surface area contributed by atoms with E-state index in [4.69, 9.17) is 9.53 Å². The van der Waals surface area contributed by atoms with Gasteiger partial charge in [-0.2, -0.15) is 0 Å². The highest BCUT2D eigenvalue weighted by Gasteiger charge is 2.36. The third kappa shape index (κ3) is 10.4. The Kier molecular flexibility index (Phi) is 10.8. The molecule has 21 heavy (non-hydrogen) atoms. The van der Waals surface area contributed by atoms with Gasteiger partial charge in [-0.05, 0) is 31.0 Å². The van der Waals surface area contributed by atoms with Gasteiger partial charge < -0.3 is 14.6 Å². The average molecular weight is 319 g/mol.